The van der Waals surface area contributed by atoms with Crippen molar-refractivity contribution in [2.75, 3.05) is 0 Å². The number of rotatable bonds is 3. The van der Waals surface area contributed by atoms with Crippen molar-refractivity contribution in [1.29, 1.82) is 0 Å². The van der Waals surface area contributed by atoms with Crippen LogP contribution in [0.1, 0.15) is 37.8 Å². The molecule has 7 heteroatoms. The molecule has 0 aromatic carbocycles. The van der Waals surface area contributed by atoms with Crippen molar-refractivity contribution in [3.8, 4) is 0 Å². The summed E-state index contributed by atoms with van der Waals surface area (Å²) in [5.74, 6) is 0.112. The summed E-state index contributed by atoms with van der Waals surface area (Å²) in [6, 6.07) is 2.87. The molecular weight excluding hydrogens is 333 g/mol. The molecule has 1 saturated carbocycles. The molecule has 1 aliphatic heterocycles. The Morgan fingerprint density at radius 2 is 2.08 bits per heavy atom. The predicted octanol–water partition coefficient (Wildman–Crippen LogP) is 3.71. The molecule has 2 aromatic heterocycles. The number of aromatic nitrogens is 2. The second kappa shape index (κ2) is 6.40. The van der Waals surface area contributed by atoms with Crippen molar-refractivity contribution in [3.05, 3.63) is 54.9 Å². The van der Waals surface area contributed by atoms with Crippen LogP contribution in [0, 0.1) is 5.82 Å². The zero-order valence-electron chi connectivity index (χ0n) is 14.4. The van der Waals surface area contributed by atoms with Gasteiger partial charge in [0.05, 0.1) is 23.3 Å². The number of fused-ring (bicyclic) bond motifs is 1. The minimum atomic E-state index is -0.372. The van der Waals surface area contributed by atoms with Gasteiger partial charge in [0, 0.05) is 12.2 Å². The Kier molecular flexibility index (Phi) is 4.06. The van der Waals surface area contributed by atoms with E-state index in [0.717, 1.165) is 25.7 Å². The third kappa shape index (κ3) is 2.79. The fraction of sp³-hybridized carbons (Fsp3) is 0.316. The van der Waals surface area contributed by atoms with Gasteiger partial charge >= 0.3 is 6.03 Å². The lowest BCUT2D eigenvalue weighted by atomic mass is 9.94. The van der Waals surface area contributed by atoms with Crippen LogP contribution >= 0.6 is 0 Å². The lowest BCUT2D eigenvalue weighted by Crippen LogP contribution is -2.41. The number of aliphatic imine (C=N–C) groups is 1. The highest BCUT2D eigenvalue weighted by atomic mass is 19.1. The molecule has 0 spiro atoms. The largest absolute Gasteiger partial charge is 0.327 e. The summed E-state index contributed by atoms with van der Waals surface area (Å²) in [4.78, 5) is 22.9. The molecule has 1 N–H and O–H groups in total. The van der Waals surface area contributed by atoms with Crippen molar-refractivity contribution in [2.24, 2.45) is 4.99 Å². The molecule has 2 amide bonds. The van der Waals surface area contributed by atoms with E-state index in [1.165, 1.54) is 18.7 Å². The first-order valence-corrected chi connectivity index (χ1v) is 8.74. The molecule has 3 heterocycles. The molecule has 2 aliphatic rings. The molecule has 1 aliphatic carbocycles. The molecule has 6 nitrogen and oxygen atoms in total. The smallest absolute Gasteiger partial charge is 0.305 e. The van der Waals surface area contributed by atoms with Crippen LogP contribution in [0.2, 0.25) is 0 Å². The Balaban J connectivity index is 1.70. The van der Waals surface area contributed by atoms with E-state index < -0.39 is 0 Å². The van der Waals surface area contributed by atoms with Gasteiger partial charge in [-0.1, -0.05) is 32.4 Å². The Morgan fingerprint density at radius 1 is 1.31 bits per heavy atom. The van der Waals surface area contributed by atoms with Gasteiger partial charge in [0.15, 0.2) is 5.84 Å². The van der Waals surface area contributed by atoms with Gasteiger partial charge in [0.25, 0.3) is 0 Å². The number of carbonyl (C=O) groups excluding carboxylic acids is 1. The van der Waals surface area contributed by atoms with Crippen LogP contribution in [-0.2, 0) is 0 Å². The molecule has 0 unspecified atom stereocenters. The molecule has 2 fully saturated rings. The SMILES string of the molecule is C=C1NC(=O)N(C2CCCCC2)C1=NC(=C)c1cnc2ccc(F)cn12. The lowest BCUT2D eigenvalue weighted by molar-refractivity contribution is 0.205. The number of amidine groups is 1. The number of halogens is 1. The van der Waals surface area contributed by atoms with E-state index in [9.17, 15) is 9.18 Å². The maximum Gasteiger partial charge on any atom is 0.327 e. The third-order valence-corrected chi connectivity index (χ3v) is 4.92. The van der Waals surface area contributed by atoms with Crippen molar-refractivity contribution >= 4 is 23.2 Å². The number of carbonyl (C=O) groups is 1. The quantitative estimate of drug-likeness (QED) is 0.914. The van der Waals surface area contributed by atoms with Crippen LogP contribution in [0.25, 0.3) is 11.3 Å². The molecule has 1 saturated heterocycles. The zero-order valence-corrected chi connectivity index (χ0v) is 14.4. The number of hydrogen-bond donors (Lipinski definition) is 1. The van der Waals surface area contributed by atoms with Gasteiger partial charge in [-0.15, -0.1) is 0 Å². The number of amides is 2. The number of urea groups is 1. The van der Waals surface area contributed by atoms with Crippen LogP contribution in [0.5, 0.6) is 0 Å². The van der Waals surface area contributed by atoms with Gasteiger partial charge in [-0.25, -0.2) is 19.2 Å². The number of nitrogens with one attached hydrogen (secondary N) is 1. The van der Waals surface area contributed by atoms with E-state index in [4.69, 9.17) is 0 Å². The summed E-state index contributed by atoms with van der Waals surface area (Å²) in [7, 11) is 0. The van der Waals surface area contributed by atoms with E-state index in [0.29, 0.717) is 28.6 Å². The molecule has 0 bridgehead atoms. The van der Waals surface area contributed by atoms with Crippen LogP contribution in [0.15, 0.2) is 48.4 Å². The van der Waals surface area contributed by atoms with E-state index in [-0.39, 0.29) is 17.9 Å². The minimum absolute atomic E-state index is 0.120. The maximum absolute atomic E-state index is 13.6. The second-order valence-corrected chi connectivity index (χ2v) is 6.67. The fourth-order valence-electron chi connectivity index (χ4n) is 3.64. The van der Waals surface area contributed by atoms with Crippen molar-refractivity contribution in [3.63, 3.8) is 0 Å². The Morgan fingerprint density at radius 3 is 2.85 bits per heavy atom. The first-order chi connectivity index (χ1) is 12.5. The Labute approximate surface area is 150 Å². The van der Waals surface area contributed by atoms with Crippen LogP contribution in [-0.4, -0.2) is 32.2 Å². The molecule has 0 radical (unpaired) electrons. The monoisotopic (exact) mass is 353 g/mol. The van der Waals surface area contributed by atoms with Gasteiger partial charge in [-0.2, -0.15) is 0 Å². The first-order valence-electron chi connectivity index (χ1n) is 8.74. The number of hydrogen-bond acceptors (Lipinski definition) is 3. The van der Waals surface area contributed by atoms with Crippen LogP contribution < -0.4 is 5.32 Å². The topological polar surface area (TPSA) is 62.0 Å². The number of pyridine rings is 1. The summed E-state index contributed by atoms with van der Waals surface area (Å²) in [6.07, 6.45) is 8.23. The Hall–Kier alpha value is -2.96. The van der Waals surface area contributed by atoms with Gasteiger partial charge < -0.3 is 5.32 Å². The summed E-state index contributed by atoms with van der Waals surface area (Å²) in [6.45, 7) is 7.92. The molecule has 2 aromatic rings. The van der Waals surface area contributed by atoms with Crippen molar-refractivity contribution in [2.45, 2.75) is 38.1 Å². The summed E-state index contributed by atoms with van der Waals surface area (Å²) < 4.78 is 15.2. The third-order valence-electron chi connectivity index (χ3n) is 4.92. The number of imidazole rings is 1. The Bertz CT molecular complexity index is 939. The predicted molar refractivity (Wildman–Crippen MR) is 98.0 cm³/mol. The van der Waals surface area contributed by atoms with E-state index >= 15 is 0 Å². The average Bonchev–Trinajstić information content (AvgIpc) is 3.16. The highest BCUT2D eigenvalue weighted by Crippen LogP contribution is 2.28. The molecule has 4 rings (SSSR count). The molecular formula is C19H20FN5O. The van der Waals surface area contributed by atoms with Crippen LogP contribution in [0.3, 0.4) is 0 Å². The van der Waals surface area contributed by atoms with Gasteiger partial charge in [-0.3, -0.25) is 9.30 Å². The zero-order chi connectivity index (χ0) is 18.3. The lowest BCUT2D eigenvalue weighted by Gasteiger charge is -2.30. The first kappa shape index (κ1) is 16.5. The van der Waals surface area contributed by atoms with E-state index in [1.54, 1.807) is 21.6 Å². The highest BCUT2D eigenvalue weighted by Gasteiger charge is 2.36. The van der Waals surface area contributed by atoms with Gasteiger partial charge in [0.2, 0.25) is 0 Å². The average molecular weight is 353 g/mol. The maximum atomic E-state index is 13.6. The molecule has 134 valence electrons. The minimum Gasteiger partial charge on any atom is -0.305 e. The van der Waals surface area contributed by atoms with E-state index in [1.807, 2.05) is 0 Å². The van der Waals surface area contributed by atoms with E-state index in [2.05, 4.69) is 28.5 Å². The normalized spacial score (nSPS) is 20.2. The molecule has 0 atom stereocenters. The summed E-state index contributed by atoms with van der Waals surface area (Å²) in [5, 5.41) is 2.75. The standard InChI is InChI=1S/C19H20FN5O/c1-12(16-10-21-17-9-8-14(20)11-24(16)17)22-18-13(2)23-19(26)25(18)15-6-4-3-5-7-15/h8-11,15H,1-7H2,(H,23,26). The van der Waals surface area contributed by atoms with Gasteiger partial charge in [0.1, 0.15) is 11.5 Å². The summed E-state index contributed by atoms with van der Waals surface area (Å²) >= 11 is 0. The number of nitrogens with zero attached hydrogens (tertiary/aromatic N) is 4. The van der Waals surface area contributed by atoms with Crippen LogP contribution in [0.4, 0.5) is 9.18 Å². The summed E-state index contributed by atoms with van der Waals surface area (Å²) in [5.41, 5.74) is 2.03. The van der Waals surface area contributed by atoms with Crippen molar-refractivity contribution in [1.82, 2.24) is 19.6 Å². The van der Waals surface area contributed by atoms with Gasteiger partial charge in [-0.05, 0) is 25.0 Å². The highest BCUT2D eigenvalue weighted by molar-refractivity contribution is 6.15. The second-order valence-electron chi connectivity index (χ2n) is 6.67. The fourth-order valence-corrected chi connectivity index (χ4v) is 3.64. The van der Waals surface area contributed by atoms with Crippen molar-refractivity contribution < 1.29 is 9.18 Å². The molecule has 26 heavy (non-hydrogen) atoms.